The average molecular weight is 406 g/mol. The third-order valence-corrected chi connectivity index (χ3v) is 4.87. The van der Waals surface area contributed by atoms with Crippen LogP contribution >= 0.6 is 0 Å². The number of aliphatic imine (C=N–C) groups is 1. The van der Waals surface area contributed by atoms with E-state index >= 15 is 0 Å². The molecule has 0 aliphatic heterocycles. The Balaban J connectivity index is 1.60. The molecule has 0 spiro atoms. The van der Waals surface area contributed by atoms with Crippen molar-refractivity contribution in [1.29, 1.82) is 0 Å². The molecule has 1 unspecified atom stereocenters. The SMILES string of the molecule is CCNC(=NCc1coc(-c2ccccc2)n1)NCC(Cc1ccccc1)N(C)C. The highest BCUT2D eigenvalue weighted by molar-refractivity contribution is 5.79. The molecule has 0 aliphatic rings. The maximum Gasteiger partial charge on any atom is 0.226 e. The molecule has 1 aromatic heterocycles. The van der Waals surface area contributed by atoms with E-state index in [-0.39, 0.29) is 0 Å². The van der Waals surface area contributed by atoms with Gasteiger partial charge in [-0.2, -0.15) is 0 Å². The van der Waals surface area contributed by atoms with Crippen LogP contribution in [0, 0.1) is 0 Å². The normalized spacial score (nSPS) is 12.7. The smallest absolute Gasteiger partial charge is 0.226 e. The van der Waals surface area contributed by atoms with Crippen molar-refractivity contribution in [3.05, 3.63) is 78.2 Å². The molecule has 0 fully saturated rings. The zero-order valence-electron chi connectivity index (χ0n) is 18.0. The van der Waals surface area contributed by atoms with Gasteiger partial charge in [0.25, 0.3) is 0 Å². The quantitative estimate of drug-likeness (QED) is 0.421. The number of guanidine groups is 1. The van der Waals surface area contributed by atoms with E-state index in [1.54, 1.807) is 6.26 Å². The van der Waals surface area contributed by atoms with Crippen LogP contribution in [0.1, 0.15) is 18.2 Å². The second-order valence-electron chi connectivity index (χ2n) is 7.39. The van der Waals surface area contributed by atoms with Gasteiger partial charge < -0.3 is 20.0 Å². The summed E-state index contributed by atoms with van der Waals surface area (Å²) in [7, 11) is 4.22. The van der Waals surface area contributed by atoms with Gasteiger partial charge in [-0.25, -0.2) is 9.98 Å². The summed E-state index contributed by atoms with van der Waals surface area (Å²) < 4.78 is 5.61. The predicted molar refractivity (Wildman–Crippen MR) is 122 cm³/mol. The third-order valence-electron chi connectivity index (χ3n) is 4.87. The highest BCUT2D eigenvalue weighted by atomic mass is 16.3. The lowest BCUT2D eigenvalue weighted by atomic mass is 10.1. The van der Waals surface area contributed by atoms with E-state index in [1.165, 1.54) is 5.56 Å². The number of nitrogens with one attached hydrogen (secondary N) is 2. The van der Waals surface area contributed by atoms with Crippen molar-refractivity contribution in [2.75, 3.05) is 27.2 Å². The summed E-state index contributed by atoms with van der Waals surface area (Å²) in [5.41, 5.74) is 3.10. The lowest BCUT2D eigenvalue weighted by Gasteiger charge is -2.25. The summed E-state index contributed by atoms with van der Waals surface area (Å²) in [5.74, 6) is 1.40. The van der Waals surface area contributed by atoms with Gasteiger partial charge >= 0.3 is 0 Å². The van der Waals surface area contributed by atoms with Crippen molar-refractivity contribution in [3.63, 3.8) is 0 Å². The predicted octanol–water partition coefficient (Wildman–Crippen LogP) is 3.57. The van der Waals surface area contributed by atoms with Gasteiger partial charge in [0.05, 0.1) is 6.54 Å². The van der Waals surface area contributed by atoms with Crippen molar-refractivity contribution in [2.45, 2.75) is 25.9 Å². The molecule has 0 aliphatic carbocycles. The summed E-state index contributed by atoms with van der Waals surface area (Å²) in [4.78, 5) is 11.5. The Hall–Kier alpha value is -3.12. The Morgan fingerprint density at radius 1 is 1.03 bits per heavy atom. The van der Waals surface area contributed by atoms with Gasteiger partial charge in [0.1, 0.15) is 12.0 Å². The van der Waals surface area contributed by atoms with E-state index in [2.05, 4.69) is 76.9 Å². The molecule has 30 heavy (non-hydrogen) atoms. The van der Waals surface area contributed by atoms with Crippen LogP contribution in [0.4, 0.5) is 0 Å². The molecule has 1 atom stereocenters. The van der Waals surface area contributed by atoms with Crippen molar-refractivity contribution >= 4 is 5.96 Å². The minimum atomic E-state index is 0.355. The van der Waals surface area contributed by atoms with Crippen molar-refractivity contribution in [2.24, 2.45) is 4.99 Å². The fourth-order valence-corrected chi connectivity index (χ4v) is 3.13. The van der Waals surface area contributed by atoms with Crippen LogP contribution in [-0.4, -0.2) is 49.1 Å². The van der Waals surface area contributed by atoms with E-state index in [1.807, 2.05) is 30.3 Å². The zero-order valence-corrected chi connectivity index (χ0v) is 18.0. The molecule has 0 amide bonds. The first-order valence-electron chi connectivity index (χ1n) is 10.4. The number of likely N-dealkylation sites (N-methyl/N-ethyl adjacent to an activating group) is 1. The molecule has 0 saturated carbocycles. The number of hydrogen-bond acceptors (Lipinski definition) is 4. The van der Waals surface area contributed by atoms with E-state index in [0.717, 1.165) is 36.7 Å². The molecule has 0 radical (unpaired) electrons. The van der Waals surface area contributed by atoms with Crippen LogP contribution in [0.5, 0.6) is 0 Å². The fourth-order valence-electron chi connectivity index (χ4n) is 3.13. The summed E-state index contributed by atoms with van der Waals surface area (Å²) in [6.07, 6.45) is 2.65. The summed E-state index contributed by atoms with van der Waals surface area (Å²) >= 11 is 0. The number of rotatable bonds is 9. The van der Waals surface area contributed by atoms with Gasteiger partial charge in [-0.15, -0.1) is 0 Å². The Labute approximate surface area is 179 Å². The molecule has 0 bridgehead atoms. The third kappa shape index (κ3) is 6.46. The molecule has 0 saturated heterocycles. The van der Waals surface area contributed by atoms with Crippen molar-refractivity contribution in [1.82, 2.24) is 20.5 Å². The van der Waals surface area contributed by atoms with Gasteiger partial charge in [-0.05, 0) is 45.1 Å². The number of oxazole rings is 1. The Morgan fingerprint density at radius 2 is 1.73 bits per heavy atom. The second kappa shape index (κ2) is 11.2. The lowest BCUT2D eigenvalue weighted by Crippen LogP contribution is -2.46. The molecule has 2 N–H and O–H groups in total. The molecule has 3 rings (SSSR count). The number of hydrogen-bond donors (Lipinski definition) is 2. The molecule has 6 nitrogen and oxygen atoms in total. The average Bonchev–Trinajstić information content (AvgIpc) is 3.25. The van der Waals surface area contributed by atoms with E-state index in [0.29, 0.717) is 18.5 Å². The van der Waals surface area contributed by atoms with Crippen LogP contribution in [-0.2, 0) is 13.0 Å². The standard InChI is InChI=1S/C24H31N5O/c1-4-25-24(27-17-22(29(2)3)15-19-11-7-5-8-12-19)26-16-21-18-30-23(28-21)20-13-9-6-10-14-20/h5-14,18,22H,4,15-17H2,1-3H3,(H2,25,26,27). The Bertz CT molecular complexity index is 906. The van der Waals surface area contributed by atoms with Gasteiger partial charge in [0.15, 0.2) is 5.96 Å². The first-order valence-corrected chi connectivity index (χ1v) is 10.4. The largest absolute Gasteiger partial charge is 0.444 e. The van der Waals surface area contributed by atoms with Crippen LogP contribution in [0.3, 0.4) is 0 Å². The van der Waals surface area contributed by atoms with Gasteiger partial charge in [-0.1, -0.05) is 48.5 Å². The zero-order chi connectivity index (χ0) is 21.2. The van der Waals surface area contributed by atoms with Crippen LogP contribution in [0.2, 0.25) is 0 Å². The molecule has 3 aromatic rings. The Morgan fingerprint density at radius 3 is 2.40 bits per heavy atom. The lowest BCUT2D eigenvalue weighted by molar-refractivity contribution is 0.290. The van der Waals surface area contributed by atoms with Gasteiger partial charge in [0.2, 0.25) is 5.89 Å². The maximum atomic E-state index is 5.61. The molecule has 1 heterocycles. The highest BCUT2D eigenvalue weighted by Crippen LogP contribution is 2.18. The Kier molecular flexibility index (Phi) is 8.03. The fraction of sp³-hybridized carbons (Fsp3) is 0.333. The molecular weight excluding hydrogens is 374 g/mol. The van der Waals surface area contributed by atoms with Gasteiger partial charge in [0, 0.05) is 24.7 Å². The first kappa shape index (κ1) is 21.6. The molecule has 6 heteroatoms. The topological polar surface area (TPSA) is 65.7 Å². The number of nitrogens with zero attached hydrogens (tertiary/aromatic N) is 3. The maximum absolute atomic E-state index is 5.61. The molecule has 158 valence electrons. The van der Waals surface area contributed by atoms with Crippen molar-refractivity contribution < 1.29 is 4.42 Å². The minimum Gasteiger partial charge on any atom is -0.444 e. The number of benzene rings is 2. The number of aromatic nitrogens is 1. The van der Waals surface area contributed by atoms with E-state index < -0.39 is 0 Å². The minimum absolute atomic E-state index is 0.355. The summed E-state index contributed by atoms with van der Waals surface area (Å²) in [6.45, 7) is 4.11. The highest BCUT2D eigenvalue weighted by Gasteiger charge is 2.13. The summed E-state index contributed by atoms with van der Waals surface area (Å²) in [5, 5.41) is 6.78. The van der Waals surface area contributed by atoms with E-state index in [4.69, 9.17) is 4.42 Å². The van der Waals surface area contributed by atoms with Crippen LogP contribution in [0.25, 0.3) is 11.5 Å². The van der Waals surface area contributed by atoms with E-state index in [9.17, 15) is 0 Å². The second-order valence-corrected chi connectivity index (χ2v) is 7.39. The first-order chi connectivity index (χ1) is 14.7. The van der Waals surface area contributed by atoms with Crippen LogP contribution < -0.4 is 10.6 Å². The summed E-state index contributed by atoms with van der Waals surface area (Å²) in [6, 6.07) is 20.8. The molecule has 2 aromatic carbocycles. The van der Waals surface area contributed by atoms with Crippen molar-refractivity contribution in [3.8, 4) is 11.5 Å². The van der Waals surface area contributed by atoms with Crippen LogP contribution in [0.15, 0.2) is 76.3 Å². The monoisotopic (exact) mass is 405 g/mol. The van der Waals surface area contributed by atoms with Gasteiger partial charge in [-0.3, -0.25) is 0 Å². The molecular formula is C24H31N5O.